The van der Waals surface area contributed by atoms with Gasteiger partial charge in [-0.15, -0.1) is 0 Å². The molecule has 5 nitrogen and oxygen atoms in total. The van der Waals surface area contributed by atoms with Crippen LogP contribution >= 0.6 is 0 Å². The molecule has 8 heteroatoms. The van der Waals surface area contributed by atoms with Crippen LogP contribution in [0.1, 0.15) is 13.8 Å². The molecule has 0 spiro atoms. The quantitative estimate of drug-likeness (QED) is 0.572. The Hall–Kier alpha value is -2.09. The highest BCUT2D eigenvalue weighted by atomic mass is 19.2. The van der Waals surface area contributed by atoms with Gasteiger partial charge in [0.2, 0.25) is 0 Å². The Kier molecular flexibility index (Phi) is 4.72. The zero-order chi connectivity index (χ0) is 15.5. The molecule has 0 fully saturated rings. The molecule has 0 saturated heterocycles. The predicted molar refractivity (Wildman–Crippen MR) is 64.3 cm³/mol. The van der Waals surface area contributed by atoms with Crippen LogP contribution in [-0.2, 0) is 9.59 Å². The number of benzene rings is 1. The fourth-order valence-corrected chi connectivity index (χ4v) is 1.19. The lowest BCUT2D eigenvalue weighted by atomic mass is 10.1. The van der Waals surface area contributed by atoms with Gasteiger partial charge in [-0.05, 0) is 13.8 Å². The highest BCUT2D eigenvalue weighted by Gasteiger charge is 2.19. The first-order chi connectivity index (χ1) is 9.10. The lowest BCUT2D eigenvalue weighted by molar-refractivity contribution is -0.136. The van der Waals surface area contributed by atoms with Crippen molar-refractivity contribution >= 4 is 17.5 Å². The fourth-order valence-electron chi connectivity index (χ4n) is 1.19. The Morgan fingerprint density at radius 2 is 1.65 bits per heavy atom. The third-order valence-corrected chi connectivity index (χ3v) is 2.13. The molecule has 1 aromatic carbocycles. The second-order valence-corrected chi connectivity index (χ2v) is 4.70. The number of anilines is 1. The lowest BCUT2D eigenvalue weighted by Crippen LogP contribution is -2.43. The van der Waals surface area contributed by atoms with Crippen LogP contribution in [0.15, 0.2) is 12.1 Å². The number of nitrogens with one attached hydrogen (secondary N) is 2. The van der Waals surface area contributed by atoms with Gasteiger partial charge in [0.15, 0.2) is 17.5 Å². The highest BCUT2D eigenvalue weighted by molar-refractivity contribution is 6.39. The van der Waals surface area contributed by atoms with Gasteiger partial charge in [0.1, 0.15) is 0 Å². The SMILES string of the molecule is CC(C)(O)CNC(=O)C(=O)Nc1cc(F)c(F)c(F)c1. The average Bonchev–Trinajstić information content (AvgIpc) is 2.31. The summed E-state index contributed by atoms with van der Waals surface area (Å²) in [7, 11) is 0. The molecule has 0 saturated carbocycles. The number of carbonyl (C=O) groups excluding carboxylic acids is 2. The van der Waals surface area contributed by atoms with Crippen molar-refractivity contribution in [2.75, 3.05) is 11.9 Å². The van der Waals surface area contributed by atoms with Gasteiger partial charge in [-0.2, -0.15) is 0 Å². The van der Waals surface area contributed by atoms with Crippen LogP contribution in [-0.4, -0.2) is 29.1 Å². The van der Waals surface area contributed by atoms with Crippen LogP contribution < -0.4 is 10.6 Å². The Balaban J connectivity index is 2.69. The van der Waals surface area contributed by atoms with Crippen molar-refractivity contribution in [2.45, 2.75) is 19.4 Å². The second kappa shape index (κ2) is 5.91. The molecule has 0 bridgehead atoms. The molecule has 0 aliphatic carbocycles. The summed E-state index contributed by atoms with van der Waals surface area (Å²) in [5, 5.41) is 13.4. The number of aliphatic hydroxyl groups is 1. The smallest absolute Gasteiger partial charge is 0.313 e. The fraction of sp³-hybridized carbons (Fsp3) is 0.333. The standard InChI is InChI=1S/C12H13F3N2O3/c1-12(2,20)5-16-10(18)11(19)17-6-3-7(13)9(15)8(14)4-6/h3-4,20H,5H2,1-2H3,(H,16,18)(H,17,19). The van der Waals surface area contributed by atoms with Crippen LogP contribution in [0.25, 0.3) is 0 Å². The minimum absolute atomic E-state index is 0.189. The average molecular weight is 290 g/mol. The van der Waals surface area contributed by atoms with Gasteiger partial charge in [-0.25, -0.2) is 13.2 Å². The molecule has 1 aromatic rings. The second-order valence-electron chi connectivity index (χ2n) is 4.70. The predicted octanol–water partition coefficient (Wildman–Crippen LogP) is 0.929. The summed E-state index contributed by atoms with van der Waals surface area (Å²) in [4.78, 5) is 22.7. The van der Waals surface area contributed by atoms with Gasteiger partial charge in [-0.1, -0.05) is 0 Å². The first kappa shape index (κ1) is 16.0. The molecule has 2 amide bonds. The molecule has 0 aromatic heterocycles. The zero-order valence-electron chi connectivity index (χ0n) is 10.8. The zero-order valence-corrected chi connectivity index (χ0v) is 10.8. The molecule has 0 atom stereocenters. The van der Waals surface area contributed by atoms with Crippen molar-refractivity contribution < 1.29 is 27.9 Å². The van der Waals surface area contributed by atoms with Gasteiger partial charge >= 0.3 is 11.8 Å². The monoisotopic (exact) mass is 290 g/mol. The van der Waals surface area contributed by atoms with E-state index < -0.39 is 40.6 Å². The number of halogens is 3. The number of rotatable bonds is 3. The molecule has 1 rings (SSSR count). The Bertz CT molecular complexity index is 518. The minimum atomic E-state index is -1.67. The first-order valence-electron chi connectivity index (χ1n) is 5.56. The van der Waals surface area contributed by atoms with E-state index in [0.717, 1.165) is 0 Å². The molecule has 3 N–H and O–H groups in total. The lowest BCUT2D eigenvalue weighted by Gasteiger charge is -2.17. The summed E-state index contributed by atoms with van der Waals surface area (Å²) in [6.07, 6.45) is 0. The van der Waals surface area contributed by atoms with Crippen molar-refractivity contribution in [2.24, 2.45) is 0 Å². The molecule has 0 heterocycles. The molecule has 0 aliphatic rings. The maximum atomic E-state index is 12.9. The van der Waals surface area contributed by atoms with Crippen molar-refractivity contribution in [3.05, 3.63) is 29.6 Å². The number of amides is 2. The molecule has 0 unspecified atom stereocenters. The van der Waals surface area contributed by atoms with Gasteiger partial charge in [-0.3, -0.25) is 9.59 Å². The van der Waals surface area contributed by atoms with E-state index in [0.29, 0.717) is 12.1 Å². The number of hydrogen-bond donors (Lipinski definition) is 3. The van der Waals surface area contributed by atoms with Crippen LogP contribution in [0.2, 0.25) is 0 Å². The summed E-state index contributed by atoms with van der Waals surface area (Å²) in [5.74, 6) is -6.94. The molecule has 110 valence electrons. The molecule has 20 heavy (non-hydrogen) atoms. The van der Waals surface area contributed by atoms with E-state index in [1.165, 1.54) is 13.8 Å². The highest BCUT2D eigenvalue weighted by Crippen LogP contribution is 2.17. The van der Waals surface area contributed by atoms with Crippen molar-refractivity contribution in [3.8, 4) is 0 Å². The van der Waals surface area contributed by atoms with Gasteiger partial charge in [0.05, 0.1) is 5.60 Å². The minimum Gasteiger partial charge on any atom is -0.389 e. The summed E-state index contributed by atoms with van der Waals surface area (Å²) in [5.41, 5.74) is -1.62. The van der Waals surface area contributed by atoms with Crippen LogP contribution in [0.3, 0.4) is 0 Å². The first-order valence-corrected chi connectivity index (χ1v) is 5.56. The Morgan fingerprint density at radius 3 is 2.10 bits per heavy atom. The van der Waals surface area contributed by atoms with Crippen LogP contribution in [0.5, 0.6) is 0 Å². The third-order valence-electron chi connectivity index (χ3n) is 2.13. The van der Waals surface area contributed by atoms with E-state index in [9.17, 15) is 27.9 Å². The van der Waals surface area contributed by atoms with Gasteiger partial charge in [0.25, 0.3) is 0 Å². The maximum Gasteiger partial charge on any atom is 0.313 e. The maximum absolute atomic E-state index is 12.9. The summed E-state index contributed by atoms with van der Waals surface area (Å²) >= 11 is 0. The number of carbonyl (C=O) groups is 2. The van der Waals surface area contributed by atoms with Crippen molar-refractivity contribution in [1.82, 2.24) is 5.32 Å². The van der Waals surface area contributed by atoms with Gasteiger partial charge in [0, 0.05) is 24.4 Å². The molecule has 0 aliphatic heterocycles. The van der Waals surface area contributed by atoms with Gasteiger partial charge < -0.3 is 15.7 Å². The van der Waals surface area contributed by atoms with E-state index in [1.54, 1.807) is 0 Å². The van der Waals surface area contributed by atoms with E-state index in [4.69, 9.17) is 0 Å². The van der Waals surface area contributed by atoms with Crippen molar-refractivity contribution in [3.63, 3.8) is 0 Å². The Morgan fingerprint density at radius 1 is 1.15 bits per heavy atom. The summed E-state index contributed by atoms with van der Waals surface area (Å²) in [6, 6.07) is 1.08. The topological polar surface area (TPSA) is 78.4 Å². The number of hydrogen-bond acceptors (Lipinski definition) is 3. The van der Waals surface area contributed by atoms with E-state index >= 15 is 0 Å². The van der Waals surface area contributed by atoms with Crippen LogP contribution in [0.4, 0.5) is 18.9 Å². The normalized spacial score (nSPS) is 11.1. The Labute approximate surface area is 112 Å². The molecule has 0 radical (unpaired) electrons. The third kappa shape index (κ3) is 4.54. The van der Waals surface area contributed by atoms with E-state index in [1.807, 2.05) is 5.32 Å². The largest absolute Gasteiger partial charge is 0.389 e. The summed E-state index contributed by atoms with van der Waals surface area (Å²) < 4.78 is 38.5. The summed E-state index contributed by atoms with van der Waals surface area (Å²) in [6.45, 7) is 2.64. The van der Waals surface area contributed by atoms with Crippen LogP contribution in [0, 0.1) is 17.5 Å². The van der Waals surface area contributed by atoms with E-state index in [2.05, 4.69) is 5.32 Å². The molecular weight excluding hydrogens is 277 g/mol. The van der Waals surface area contributed by atoms with E-state index in [-0.39, 0.29) is 6.54 Å². The molecular formula is C12H13F3N2O3. The van der Waals surface area contributed by atoms with Crippen molar-refractivity contribution in [1.29, 1.82) is 0 Å².